The Balaban J connectivity index is 2.63. The molecule has 0 saturated heterocycles. The average Bonchev–Trinajstić information content (AvgIpc) is 2.33. The standard InChI is InChI=1S/C15H17NO/c1-3-15(8-9-16)13-10-11(2)4-5-12(13)6-7-14(15)17/h4-5,10H,3,6-8H2,1-2H3. The van der Waals surface area contributed by atoms with Gasteiger partial charge in [0.1, 0.15) is 5.78 Å². The molecule has 0 saturated carbocycles. The van der Waals surface area contributed by atoms with Gasteiger partial charge in [-0.05, 0) is 30.9 Å². The Bertz CT molecular complexity index is 498. The van der Waals surface area contributed by atoms with E-state index in [0.717, 1.165) is 24.0 Å². The molecule has 1 aliphatic rings. The van der Waals surface area contributed by atoms with Crippen LogP contribution in [0, 0.1) is 18.3 Å². The topological polar surface area (TPSA) is 40.9 Å². The molecule has 0 N–H and O–H groups in total. The van der Waals surface area contributed by atoms with Crippen molar-refractivity contribution in [2.75, 3.05) is 0 Å². The fourth-order valence-electron chi connectivity index (χ4n) is 2.83. The van der Waals surface area contributed by atoms with E-state index in [1.54, 1.807) is 0 Å². The Kier molecular flexibility index (Phi) is 3.02. The first-order valence-corrected chi connectivity index (χ1v) is 6.14. The van der Waals surface area contributed by atoms with Gasteiger partial charge in [0.2, 0.25) is 0 Å². The van der Waals surface area contributed by atoms with E-state index in [0.29, 0.717) is 12.8 Å². The zero-order valence-corrected chi connectivity index (χ0v) is 10.4. The normalized spacial score (nSPS) is 23.0. The average molecular weight is 227 g/mol. The van der Waals surface area contributed by atoms with Gasteiger partial charge in [0, 0.05) is 6.42 Å². The molecule has 1 atom stereocenters. The van der Waals surface area contributed by atoms with Crippen molar-refractivity contribution in [2.24, 2.45) is 0 Å². The molecule has 88 valence electrons. The van der Waals surface area contributed by atoms with Gasteiger partial charge in [-0.2, -0.15) is 5.26 Å². The number of aryl methyl sites for hydroxylation is 2. The van der Waals surface area contributed by atoms with Crippen LogP contribution < -0.4 is 0 Å². The highest BCUT2D eigenvalue weighted by Crippen LogP contribution is 2.40. The molecule has 0 aromatic heterocycles. The van der Waals surface area contributed by atoms with Crippen LogP contribution in [0.4, 0.5) is 0 Å². The lowest BCUT2D eigenvalue weighted by Crippen LogP contribution is -2.39. The molecule has 0 fully saturated rings. The summed E-state index contributed by atoms with van der Waals surface area (Å²) >= 11 is 0. The molecule has 0 amide bonds. The molecule has 2 nitrogen and oxygen atoms in total. The molecule has 0 bridgehead atoms. The van der Waals surface area contributed by atoms with Crippen LogP contribution in [0.3, 0.4) is 0 Å². The number of carbonyl (C=O) groups excluding carboxylic acids is 1. The predicted molar refractivity (Wildman–Crippen MR) is 66.7 cm³/mol. The van der Waals surface area contributed by atoms with Crippen LogP contribution in [0.15, 0.2) is 18.2 Å². The Morgan fingerprint density at radius 2 is 2.18 bits per heavy atom. The third-order valence-electron chi connectivity index (χ3n) is 3.92. The second-order valence-corrected chi connectivity index (χ2v) is 4.85. The number of hydrogen-bond acceptors (Lipinski definition) is 2. The van der Waals surface area contributed by atoms with Crippen molar-refractivity contribution >= 4 is 5.78 Å². The summed E-state index contributed by atoms with van der Waals surface area (Å²) in [7, 11) is 0. The first-order chi connectivity index (χ1) is 8.14. The number of hydrogen-bond donors (Lipinski definition) is 0. The molecular formula is C15H17NO. The lowest BCUT2D eigenvalue weighted by Gasteiger charge is -2.35. The van der Waals surface area contributed by atoms with E-state index in [1.807, 2.05) is 13.8 Å². The molecule has 1 aromatic rings. The van der Waals surface area contributed by atoms with Crippen LogP contribution in [0.2, 0.25) is 0 Å². The number of fused-ring (bicyclic) bond motifs is 1. The lowest BCUT2D eigenvalue weighted by molar-refractivity contribution is -0.125. The van der Waals surface area contributed by atoms with E-state index in [2.05, 4.69) is 24.3 Å². The molecule has 1 unspecified atom stereocenters. The van der Waals surface area contributed by atoms with Crippen LogP contribution in [0.1, 0.15) is 42.9 Å². The van der Waals surface area contributed by atoms with Gasteiger partial charge >= 0.3 is 0 Å². The van der Waals surface area contributed by atoms with E-state index in [9.17, 15) is 4.79 Å². The summed E-state index contributed by atoms with van der Waals surface area (Å²) in [5.74, 6) is 0.236. The number of rotatable bonds is 2. The molecule has 1 aromatic carbocycles. The SMILES string of the molecule is CCC1(CC#N)C(=O)CCc2ccc(C)cc21. The number of Topliss-reactive ketones (excluding diaryl/α,β-unsaturated/α-hetero) is 1. The van der Waals surface area contributed by atoms with Gasteiger partial charge in [0.25, 0.3) is 0 Å². The van der Waals surface area contributed by atoms with Gasteiger partial charge < -0.3 is 0 Å². The maximum Gasteiger partial charge on any atom is 0.144 e. The third-order valence-corrected chi connectivity index (χ3v) is 3.92. The number of ketones is 1. The van der Waals surface area contributed by atoms with E-state index in [-0.39, 0.29) is 5.78 Å². The molecule has 2 heteroatoms. The van der Waals surface area contributed by atoms with Crippen LogP contribution >= 0.6 is 0 Å². The first kappa shape index (κ1) is 11.9. The largest absolute Gasteiger partial charge is 0.299 e. The lowest BCUT2D eigenvalue weighted by atomic mass is 9.65. The van der Waals surface area contributed by atoms with Crippen LogP contribution in [0.5, 0.6) is 0 Å². The minimum absolute atomic E-state index is 0.236. The summed E-state index contributed by atoms with van der Waals surface area (Å²) in [6.07, 6.45) is 2.42. The third kappa shape index (κ3) is 1.76. The minimum Gasteiger partial charge on any atom is -0.299 e. The molecule has 2 rings (SSSR count). The fraction of sp³-hybridized carbons (Fsp3) is 0.467. The van der Waals surface area contributed by atoms with E-state index in [1.165, 1.54) is 5.56 Å². The maximum atomic E-state index is 12.3. The molecule has 1 aliphatic carbocycles. The quantitative estimate of drug-likeness (QED) is 0.779. The second-order valence-electron chi connectivity index (χ2n) is 4.85. The molecule has 0 spiro atoms. The van der Waals surface area contributed by atoms with Crippen LogP contribution in [0.25, 0.3) is 0 Å². The Labute approximate surface area is 102 Å². The second kappa shape index (κ2) is 4.33. The van der Waals surface area contributed by atoms with Crippen molar-refractivity contribution in [3.8, 4) is 6.07 Å². The summed E-state index contributed by atoms with van der Waals surface area (Å²) in [5, 5.41) is 9.03. The molecule has 0 aliphatic heterocycles. The Hall–Kier alpha value is -1.62. The van der Waals surface area contributed by atoms with Crippen molar-refractivity contribution in [3.05, 3.63) is 34.9 Å². The summed E-state index contributed by atoms with van der Waals surface area (Å²) in [5.41, 5.74) is 2.95. The summed E-state index contributed by atoms with van der Waals surface area (Å²) < 4.78 is 0. The van der Waals surface area contributed by atoms with Crippen molar-refractivity contribution in [1.82, 2.24) is 0 Å². The van der Waals surface area contributed by atoms with Gasteiger partial charge in [-0.25, -0.2) is 0 Å². The highest BCUT2D eigenvalue weighted by Gasteiger charge is 2.41. The van der Waals surface area contributed by atoms with E-state index < -0.39 is 5.41 Å². The molecule has 0 radical (unpaired) electrons. The number of benzene rings is 1. The van der Waals surface area contributed by atoms with Gasteiger partial charge in [-0.3, -0.25) is 4.79 Å². The van der Waals surface area contributed by atoms with Crippen molar-refractivity contribution in [1.29, 1.82) is 5.26 Å². The maximum absolute atomic E-state index is 12.3. The van der Waals surface area contributed by atoms with Crippen LogP contribution in [-0.2, 0) is 16.6 Å². The van der Waals surface area contributed by atoms with E-state index in [4.69, 9.17) is 5.26 Å². The summed E-state index contributed by atoms with van der Waals surface area (Å²) in [4.78, 5) is 12.3. The fourth-order valence-corrected chi connectivity index (χ4v) is 2.83. The number of nitriles is 1. The Morgan fingerprint density at radius 1 is 1.41 bits per heavy atom. The van der Waals surface area contributed by atoms with E-state index >= 15 is 0 Å². The van der Waals surface area contributed by atoms with Crippen LogP contribution in [-0.4, -0.2) is 5.78 Å². The van der Waals surface area contributed by atoms with Gasteiger partial charge in [-0.15, -0.1) is 0 Å². The molecule has 17 heavy (non-hydrogen) atoms. The first-order valence-electron chi connectivity index (χ1n) is 6.14. The van der Waals surface area contributed by atoms with Gasteiger partial charge in [-0.1, -0.05) is 30.7 Å². The zero-order valence-electron chi connectivity index (χ0n) is 10.4. The van der Waals surface area contributed by atoms with Crippen molar-refractivity contribution < 1.29 is 4.79 Å². The summed E-state index contributed by atoms with van der Waals surface area (Å²) in [6.45, 7) is 4.04. The van der Waals surface area contributed by atoms with Gasteiger partial charge in [0.15, 0.2) is 0 Å². The number of nitrogens with zero attached hydrogens (tertiary/aromatic N) is 1. The highest BCUT2D eigenvalue weighted by molar-refractivity contribution is 5.92. The zero-order chi connectivity index (χ0) is 12.5. The predicted octanol–water partition coefficient (Wildman–Crippen LogP) is 3.07. The summed E-state index contributed by atoms with van der Waals surface area (Å²) in [6, 6.07) is 8.48. The molecule has 0 heterocycles. The van der Waals surface area contributed by atoms with Crippen molar-refractivity contribution in [3.63, 3.8) is 0 Å². The van der Waals surface area contributed by atoms with Gasteiger partial charge in [0.05, 0.1) is 17.9 Å². The Morgan fingerprint density at radius 3 is 2.82 bits per heavy atom. The highest BCUT2D eigenvalue weighted by atomic mass is 16.1. The number of carbonyl (C=O) groups is 1. The molecular weight excluding hydrogens is 210 g/mol. The van der Waals surface area contributed by atoms with Crippen molar-refractivity contribution in [2.45, 2.75) is 44.9 Å². The smallest absolute Gasteiger partial charge is 0.144 e. The monoisotopic (exact) mass is 227 g/mol. The minimum atomic E-state index is -0.547.